The zero-order valence-corrected chi connectivity index (χ0v) is 9.67. The van der Waals surface area contributed by atoms with Gasteiger partial charge in [-0.05, 0) is 38.5 Å². The lowest BCUT2D eigenvalue weighted by Gasteiger charge is -2.28. The SMILES string of the molecule is CC(NCC1(CCO)CCOC1)C1CC1. The van der Waals surface area contributed by atoms with E-state index in [-0.39, 0.29) is 12.0 Å². The summed E-state index contributed by atoms with van der Waals surface area (Å²) in [6.45, 7) is 5.24. The van der Waals surface area contributed by atoms with Crippen LogP contribution in [0.1, 0.15) is 32.6 Å². The van der Waals surface area contributed by atoms with Crippen molar-refractivity contribution in [2.24, 2.45) is 11.3 Å². The molecule has 1 aliphatic heterocycles. The van der Waals surface area contributed by atoms with Crippen LogP contribution in [0.15, 0.2) is 0 Å². The number of rotatable bonds is 6. The summed E-state index contributed by atoms with van der Waals surface area (Å²) in [5.41, 5.74) is 0.206. The van der Waals surface area contributed by atoms with E-state index in [1.807, 2.05) is 0 Å². The third-order valence-corrected chi connectivity index (χ3v) is 3.96. The summed E-state index contributed by atoms with van der Waals surface area (Å²) in [5.74, 6) is 0.901. The average Bonchev–Trinajstić information content (AvgIpc) is 2.98. The Morgan fingerprint density at radius 1 is 1.53 bits per heavy atom. The Morgan fingerprint density at radius 2 is 2.33 bits per heavy atom. The van der Waals surface area contributed by atoms with E-state index >= 15 is 0 Å². The van der Waals surface area contributed by atoms with E-state index in [9.17, 15) is 0 Å². The molecule has 1 heterocycles. The minimum atomic E-state index is 0.206. The van der Waals surface area contributed by atoms with E-state index in [1.54, 1.807) is 0 Å². The second-order valence-corrected chi connectivity index (χ2v) is 5.28. The number of hydrogen-bond acceptors (Lipinski definition) is 3. The highest BCUT2D eigenvalue weighted by atomic mass is 16.5. The molecule has 3 nitrogen and oxygen atoms in total. The van der Waals surface area contributed by atoms with Crippen LogP contribution in [0.5, 0.6) is 0 Å². The van der Waals surface area contributed by atoms with Crippen LogP contribution < -0.4 is 5.32 Å². The van der Waals surface area contributed by atoms with Crippen LogP contribution in [0.2, 0.25) is 0 Å². The molecule has 2 unspecified atom stereocenters. The van der Waals surface area contributed by atoms with Gasteiger partial charge in [0.1, 0.15) is 0 Å². The zero-order valence-electron chi connectivity index (χ0n) is 9.67. The topological polar surface area (TPSA) is 41.5 Å². The number of aliphatic hydroxyl groups is 1. The van der Waals surface area contributed by atoms with Gasteiger partial charge in [0.15, 0.2) is 0 Å². The van der Waals surface area contributed by atoms with Crippen molar-refractivity contribution in [2.45, 2.75) is 38.6 Å². The maximum atomic E-state index is 9.10. The third-order valence-electron chi connectivity index (χ3n) is 3.96. The molecule has 2 N–H and O–H groups in total. The fourth-order valence-electron chi connectivity index (χ4n) is 2.45. The van der Waals surface area contributed by atoms with Crippen LogP contribution in [0.25, 0.3) is 0 Å². The van der Waals surface area contributed by atoms with Gasteiger partial charge in [-0.2, -0.15) is 0 Å². The largest absolute Gasteiger partial charge is 0.396 e. The summed E-state index contributed by atoms with van der Waals surface area (Å²) in [5, 5.41) is 12.7. The Bertz CT molecular complexity index is 198. The summed E-state index contributed by atoms with van der Waals surface area (Å²) in [6.07, 6.45) is 4.74. The summed E-state index contributed by atoms with van der Waals surface area (Å²) >= 11 is 0. The van der Waals surface area contributed by atoms with E-state index in [2.05, 4.69) is 12.2 Å². The molecule has 2 aliphatic rings. The molecule has 0 bridgehead atoms. The van der Waals surface area contributed by atoms with Gasteiger partial charge in [0.25, 0.3) is 0 Å². The Hall–Kier alpha value is -0.120. The molecule has 1 aliphatic carbocycles. The molecule has 0 aromatic heterocycles. The van der Waals surface area contributed by atoms with Crippen LogP contribution in [-0.2, 0) is 4.74 Å². The second-order valence-electron chi connectivity index (χ2n) is 5.28. The molecule has 2 fully saturated rings. The molecule has 3 heteroatoms. The Balaban J connectivity index is 1.77. The van der Waals surface area contributed by atoms with Crippen LogP contribution in [0.4, 0.5) is 0 Å². The Labute approximate surface area is 92.2 Å². The molecule has 2 atom stereocenters. The molecule has 1 saturated heterocycles. The maximum Gasteiger partial charge on any atom is 0.0536 e. The minimum Gasteiger partial charge on any atom is -0.396 e. The van der Waals surface area contributed by atoms with Crippen molar-refractivity contribution in [1.82, 2.24) is 5.32 Å². The van der Waals surface area contributed by atoms with Crippen LogP contribution in [-0.4, -0.2) is 37.5 Å². The maximum absolute atomic E-state index is 9.10. The molecule has 1 saturated carbocycles. The fraction of sp³-hybridized carbons (Fsp3) is 1.00. The fourth-order valence-corrected chi connectivity index (χ4v) is 2.45. The monoisotopic (exact) mass is 213 g/mol. The van der Waals surface area contributed by atoms with Crippen LogP contribution in [0.3, 0.4) is 0 Å². The Kier molecular flexibility index (Phi) is 3.65. The summed E-state index contributed by atoms with van der Waals surface area (Å²) < 4.78 is 5.47. The predicted octanol–water partition coefficient (Wildman–Crippen LogP) is 1.16. The number of nitrogens with one attached hydrogen (secondary N) is 1. The van der Waals surface area contributed by atoms with Crippen molar-refractivity contribution >= 4 is 0 Å². The average molecular weight is 213 g/mol. The molecule has 88 valence electrons. The van der Waals surface area contributed by atoms with Gasteiger partial charge in [0.05, 0.1) is 6.61 Å². The molecule has 0 radical (unpaired) electrons. The highest BCUT2D eigenvalue weighted by molar-refractivity contribution is 4.89. The van der Waals surface area contributed by atoms with E-state index in [4.69, 9.17) is 9.84 Å². The third kappa shape index (κ3) is 2.92. The van der Waals surface area contributed by atoms with Gasteiger partial charge < -0.3 is 15.2 Å². The lowest BCUT2D eigenvalue weighted by molar-refractivity contribution is 0.121. The molecule has 0 aromatic rings. The van der Waals surface area contributed by atoms with Gasteiger partial charge in [-0.25, -0.2) is 0 Å². The van der Waals surface area contributed by atoms with Gasteiger partial charge in [-0.1, -0.05) is 0 Å². The molecule has 0 amide bonds. The standard InChI is InChI=1S/C12H23NO2/c1-10(11-2-3-11)13-8-12(4-6-14)5-7-15-9-12/h10-11,13-14H,2-9H2,1H3. The molecular formula is C12H23NO2. The van der Waals surface area contributed by atoms with Crippen LogP contribution in [0, 0.1) is 11.3 Å². The van der Waals surface area contributed by atoms with E-state index in [0.29, 0.717) is 6.04 Å². The van der Waals surface area contributed by atoms with Crippen molar-refractivity contribution in [3.8, 4) is 0 Å². The highest BCUT2D eigenvalue weighted by Crippen LogP contribution is 2.35. The number of ether oxygens (including phenoxy) is 1. The van der Waals surface area contributed by atoms with E-state index in [1.165, 1.54) is 12.8 Å². The Morgan fingerprint density at radius 3 is 2.87 bits per heavy atom. The van der Waals surface area contributed by atoms with E-state index in [0.717, 1.165) is 38.5 Å². The molecule has 0 spiro atoms. The lowest BCUT2D eigenvalue weighted by Crippen LogP contribution is -2.40. The normalized spacial score (nSPS) is 33.2. The predicted molar refractivity (Wildman–Crippen MR) is 59.8 cm³/mol. The summed E-state index contributed by atoms with van der Waals surface area (Å²) in [6, 6.07) is 0.640. The molecule has 0 aromatic carbocycles. The van der Waals surface area contributed by atoms with Gasteiger partial charge in [0, 0.05) is 31.2 Å². The zero-order chi connectivity index (χ0) is 10.7. The molecule has 2 rings (SSSR count). The minimum absolute atomic E-state index is 0.206. The van der Waals surface area contributed by atoms with Gasteiger partial charge in [-0.15, -0.1) is 0 Å². The van der Waals surface area contributed by atoms with Gasteiger partial charge >= 0.3 is 0 Å². The summed E-state index contributed by atoms with van der Waals surface area (Å²) in [4.78, 5) is 0. The van der Waals surface area contributed by atoms with Crippen molar-refractivity contribution in [1.29, 1.82) is 0 Å². The first-order valence-electron chi connectivity index (χ1n) is 6.18. The van der Waals surface area contributed by atoms with Crippen molar-refractivity contribution < 1.29 is 9.84 Å². The van der Waals surface area contributed by atoms with Gasteiger partial charge in [-0.3, -0.25) is 0 Å². The lowest BCUT2D eigenvalue weighted by atomic mass is 9.83. The van der Waals surface area contributed by atoms with Crippen molar-refractivity contribution in [3.05, 3.63) is 0 Å². The van der Waals surface area contributed by atoms with Crippen molar-refractivity contribution in [3.63, 3.8) is 0 Å². The summed E-state index contributed by atoms with van der Waals surface area (Å²) in [7, 11) is 0. The quantitative estimate of drug-likeness (QED) is 0.696. The molecular weight excluding hydrogens is 190 g/mol. The number of hydrogen-bond donors (Lipinski definition) is 2. The smallest absolute Gasteiger partial charge is 0.0536 e. The van der Waals surface area contributed by atoms with Gasteiger partial charge in [0.2, 0.25) is 0 Å². The second kappa shape index (κ2) is 4.81. The first kappa shape index (κ1) is 11.4. The van der Waals surface area contributed by atoms with Crippen LogP contribution >= 0.6 is 0 Å². The number of aliphatic hydroxyl groups excluding tert-OH is 1. The first-order valence-corrected chi connectivity index (χ1v) is 6.18. The van der Waals surface area contributed by atoms with Crippen molar-refractivity contribution in [2.75, 3.05) is 26.4 Å². The molecule has 15 heavy (non-hydrogen) atoms. The highest BCUT2D eigenvalue weighted by Gasteiger charge is 2.36. The first-order chi connectivity index (χ1) is 7.26. The van der Waals surface area contributed by atoms with E-state index < -0.39 is 0 Å².